The Labute approximate surface area is 116 Å². The summed E-state index contributed by atoms with van der Waals surface area (Å²) in [6.07, 6.45) is 0. The Balaban J connectivity index is 0.00000162. The lowest BCUT2D eigenvalue weighted by Gasteiger charge is -2.12. The molecule has 2 rings (SSSR count). The molecular weight excluding hydrogens is 298 g/mol. The molecule has 0 aromatic heterocycles. The van der Waals surface area contributed by atoms with Crippen molar-refractivity contribution in [2.24, 2.45) is 11.0 Å². The number of hydrogen-bond acceptors (Lipinski definition) is 4. The molecule has 1 heterocycles. The van der Waals surface area contributed by atoms with Crippen molar-refractivity contribution in [1.29, 1.82) is 5.41 Å². The van der Waals surface area contributed by atoms with Gasteiger partial charge in [-0.1, -0.05) is 19.1 Å². The van der Waals surface area contributed by atoms with E-state index in [1.165, 1.54) is 5.01 Å². The molecule has 18 heavy (non-hydrogen) atoms. The highest BCUT2D eigenvalue weighted by atomic mass is 79.9. The van der Waals surface area contributed by atoms with Gasteiger partial charge in [-0.2, -0.15) is 5.10 Å². The molecule has 0 saturated heterocycles. The zero-order valence-corrected chi connectivity index (χ0v) is 11.7. The van der Waals surface area contributed by atoms with Crippen LogP contribution in [0.3, 0.4) is 0 Å². The van der Waals surface area contributed by atoms with Crippen LogP contribution in [0.4, 0.5) is 0 Å². The fraction of sp³-hybridized carbons (Fsp3) is 0.333. The number of nitrogens with one attached hydrogen (secondary N) is 1. The average Bonchev–Trinajstić information content (AvgIpc) is 2.71. The minimum absolute atomic E-state index is 0. The first kappa shape index (κ1) is 14.7. The van der Waals surface area contributed by atoms with Crippen molar-refractivity contribution in [3.05, 3.63) is 29.8 Å². The van der Waals surface area contributed by atoms with E-state index >= 15 is 0 Å². The number of nitrogens with zero attached hydrogens (tertiary/aromatic N) is 2. The molecule has 1 aliphatic rings. The van der Waals surface area contributed by atoms with Gasteiger partial charge >= 0.3 is 0 Å². The summed E-state index contributed by atoms with van der Waals surface area (Å²) < 4.78 is 0. The number of phenols is 1. The van der Waals surface area contributed by atoms with Crippen LogP contribution in [0.2, 0.25) is 0 Å². The maximum Gasteiger partial charge on any atom is 0.143 e. The van der Waals surface area contributed by atoms with Crippen LogP contribution in [0, 0.1) is 11.3 Å². The summed E-state index contributed by atoms with van der Waals surface area (Å²) in [7, 11) is 0. The number of aromatic hydroxyl groups is 1. The lowest BCUT2D eigenvalue weighted by molar-refractivity contribution is 0.323. The number of phenolic OH excluding ortho intramolecular Hbond substituents is 1. The summed E-state index contributed by atoms with van der Waals surface area (Å²) >= 11 is 0. The summed E-state index contributed by atoms with van der Waals surface area (Å²) in [5, 5.41) is 32.0. The fourth-order valence-corrected chi connectivity index (χ4v) is 1.88. The average molecular weight is 314 g/mol. The Morgan fingerprint density at radius 3 is 2.78 bits per heavy atom. The van der Waals surface area contributed by atoms with Gasteiger partial charge in [0.15, 0.2) is 0 Å². The summed E-state index contributed by atoms with van der Waals surface area (Å²) in [6.45, 7) is 2.21. The van der Waals surface area contributed by atoms with E-state index in [9.17, 15) is 5.11 Å². The Morgan fingerprint density at radius 2 is 2.17 bits per heavy atom. The molecular formula is C12H16BrN3O2. The largest absolute Gasteiger partial charge is 0.507 e. The number of aliphatic hydroxyl groups excluding tert-OH is 1. The van der Waals surface area contributed by atoms with E-state index in [4.69, 9.17) is 10.5 Å². The third-order valence-corrected chi connectivity index (χ3v) is 2.78. The van der Waals surface area contributed by atoms with Gasteiger partial charge < -0.3 is 10.2 Å². The third kappa shape index (κ3) is 2.70. The number of halogens is 1. The highest BCUT2D eigenvalue weighted by Gasteiger charge is 2.27. The van der Waals surface area contributed by atoms with Crippen LogP contribution in [-0.2, 0) is 0 Å². The second kappa shape index (κ2) is 5.97. The predicted octanol–water partition coefficient (Wildman–Crippen LogP) is 1.60. The van der Waals surface area contributed by atoms with Gasteiger partial charge in [-0.05, 0) is 12.1 Å². The van der Waals surface area contributed by atoms with E-state index in [0.29, 0.717) is 12.1 Å². The minimum Gasteiger partial charge on any atom is -0.507 e. The molecule has 0 amide bonds. The maximum absolute atomic E-state index is 9.77. The minimum atomic E-state index is -0.329. The van der Waals surface area contributed by atoms with Gasteiger partial charge in [0, 0.05) is 11.5 Å². The molecule has 0 fully saturated rings. The van der Waals surface area contributed by atoms with E-state index in [2.05, 4.69) is 5.10 Å². The first-order valence-electron chi connectivity index (χ1n) is 5.46. The number of hydrazone groups is 1. The quantitative estimate of drug-likeness (QED) is 0.573. The molecule has 0 spiro atoms. The molecule has 98 valence electrons. The van der Waals surface area contributed by atoms with Gasteiger partial charge in [0.2, 0.25) is 0 Å². The Bertz CT molecular complexity index is 476. The Morgan fingerprint density at radius 1 is 1.50 bits per heavy atom. The van der Waals surface area contributed by atoms with E-state index in [1.807, 2.05) is 13.0 Å². The second-order valence-corrected chi connectivity index (χ2v) is 4.09. The molecule has 6 heteroatoms. The van der Waals surface area contributed by atoms with E-state index < -0.39 is 0 Å². The number of hydrogen-bond donors (Lipinski definition) is 3. The van der Waals surface area contributed by atoms with Crippen molar-refractivity contribution < 1.29 is 10.2 Å². The topological polar surface area (TPSA) is 79.9 Å². The molecule has 1 aromatic carbocycles. The summed E-state index contributed by atoms with van der Waals surface area (Å²) in [4.78, 5) is 0. The molecule has 0 saturated carbocycles. The number of benzene rings is 1. The van der Waals surface area contributed by atoms with Crippen LogP contribution in [0.5, 0.6) is 5.75 Å². The predicted molar refractivity (Wildman–Crippen MR) is 75.6 cm³/mol. The number of para-hydroxylation sites is 1. The van der Waals surface area contributed by atoms with Crippen molar-refractivity contribution in [2.75, 3.05) is 13.2 Å². The highest BCUT2D eigenvalue weighted by Crippen LogP contribution is 2.25. The zero-order chi connectivity index (χ0) is 12.4. The Hall–Kier alpha value is -1.40. The van der Waals surface area contributed by atoms with Crippen LogP contribution in [0.1, 0.15) is 12.5 Å². The first-order valence-corrected chi connectivity index (χ1v) is 5.46. The fourth-order valence-electron chi connectivity index (χ4n) is 1.88. The molecule has 3 N–H and O–H groups in total. The van der Waals surface area contributed by atoms with Crippen LogP contribution in [0.25, 0.3) is 0 Å². The van der Waals surface area contributed by atoms with Crippen LogP contribution in [-0.4, -0.2) is 39.9 Å². The van der Waals surface area contributed by atoms with Crippen molar-refractivity contribution in [2.45, 2.75) is 6.92 Å². The number of rotatable bonds is 2. The van der Waals surface area contributed by atoms with Gasteiger partial charge in [0.05, 0.1) is 12.3 Å². The second-order valence-electron chi connectivity index (χ2n) is 4.09. The smallest absolute Gasteiger partial charge is 0.143 e. The molecule has 1 atom stereocenters. The number of aliphatic hydroxyl groups is 1. The maximum atomic E-state index is 9.77. The zero-order valence-electron chi connectivity index (χ0n) is 10.00. The van der Waals surface area contributed by atoms with Gasteiger partial charge in [-0.15, -0.1) is 17.0 Å². The van der Waals surface area contributed by atoms with Gasteiger partial charge in [-0.25, -0.2) is 5.01 Å². The molecule has 0 radical (unpaired) electrons. The van der Waals surface area contributed by atoms with Gasteiger partial charge in [-0.3, -0.25) is 5.41 Å². The van der Waals surface area contributed by atoms with Crippen molar-refractivity contribution in [3.63, 3.8) is 0 Å². The van der Waals surface area contributed by atoms with Crippen LogP contribution >= 0.6 is 17.0 Å². The molecule has 0 bridgehead atoms. The van der Waals surface area contributed by atoms with Crippen molar-refractivity contribution in [1.82, 2.24) is 5.01 Å². The summed E-state index contributed by atoms with van der Waals surface area (Å²) in [5.74, 6) is 0.382. The molecule has 5 nitrogen and oxygen atoms in total. The normalized spacial score (nSPS) is 18.2. The summed E-state index contributed by atoms with van der Waals surface area (Å²) in [6, 6.07) is 7.01. The SMILES string of the molecule is Br.CC1CN(C(=N)CO)N=C1c1ccccc1O. The molecule has 1 aromatic rings. The van der Waals surface area contributed by atoms with E-state index in [-0.39, 0.29) is 41.1 Å². The molecule has 1 aliphatic heterocycles. The summed E-state index contributed by atoms with van der Waals surface area (Å²) in [5.41, 5.74) is 1.44. The lowest BCUT2D eigenvalue weighted by atomic mass is 9.99. The Kier molecular flexibility index (Phi) is 4.86. The monoisotopic (exact) mass is 313 g/mol. The standard InChI is InChI=1S/C12H15N3O2.BrH/c1-8-6-15(11(13)7-16)14-12(8)9-4-2-3-5-10(9)17;/h2-5,8,13,16-17H,6-7H2,1H3;1H. The van der Waals surface area contributed by atoms with E-state index in [1.54, 1.807) is 18.2 Å². The first-order chi connectivity index (χ1) is 8.13. The number of amidine groups is 1. The molecule has 1 unspecified atom stereocenters. The highest BCUT2D eigenvalue weighted by molar-refractivity contribution is 8.93. The lowest BCUT2D eigenvalue weighted by Crippen LogP contribution is -2.27. The third-order valence-electron chi connectivity index (χ3n) is 2.78. The van der Waals surface area contributed by atoms with Crippen molar-refractivity contribution in [3.8, 4) is 5.75 Å². The van der Waals surface area contributed by atoms with Crippen molar-refractivity contribution >= 4 is 28.5 Å². The van der Waals surface area contributed by atoms with E-state index in [0.717, 1.165) is 5.71 Å². The van der Waals surface area contributed by atoms with Gasteiger partial charge in [0.25, 0.3) is 0 Å². The molecule has 0 aliphatic carbocycles. The van der Waals surface area contributed by atoms with Gasteiger partial charge in [0.1, 0.15) is 18.2 Å². The van der Waals surface area contributed by atoms with Crippen LogP contribution < -0.4 is 0 Å². The van der Waals surface area contributed by atoms with Crippen LogP contribution in [0.15, 0.2) is 29.4 Å².